The van der Waals surface area contributed by atoms with Gasteiger partial charge < -0.3 is 4.74 Å². The van der Waals surface area contributed by atoms with Crippen LogP contribution in [0.2, 0.25) is 0 Å². The van der Waals surface area contributed by atoms with E-state index in [0.717, 1.165) is 19.4 Å². The van der Waals surface area contributed by atoms with Crippen LogP contribution in [0.1, 0.15) is 65.2 Å². The normalized spacial score (nSPS) is 20.5. The van der Waals surface area contributed by atoms with Crippen LogP contribution in [0.4, 0.5) is 0 Å². The first-order valence-electron chi connectivity index (χ1n) is 6.82. The summed E-state index contributed by atoms with van der Waals surface area (Å²) in [6.07, 6.45) is 9.85. The van der Waals surface area contributed by atoms with Gasteiger partial charge in [0.15, 0.2) is 0 Å². The number of hydrogen-bond donors (Lipinski definition) is 0. The van der Waals surface area contributed by atoms with Gasteiger partial charge in [0.1, 0.15) is 0 Å². The lowest BCUT2D eigenvalue weighted by Gasteiger charge is -2.15. The van der Waals surface area contributed by atoms with Crippen LogP contribution in [0.5, 0.6) is 0 Å². The molecule has 16 heavy (non-hydrogen) atoms. The van der Waals surface area contributed by atoms with Gasteiger partial charge in [-0.2, -0.15) is 0 Å². The minimum absolute atomic E-state index is 0.788. The standard InChI is InChI=1S/C15H26O/c1-4-6-12-15(16-5-2)14-11-9-7-8-10-13(14)3/h3-12H2,1-2H3/b15-14-. The van der Waals surface area contributed by atoms with E-state index in [1.54, 1.807) is 0 Å². The third kappa shape index (κ3) is 4.03. The van der Waals surface area contributed by atoms with E-state index >= 15 is 0 Å². The number of allylic oxidation sites excluding steroid dienone is 3. The number of rotatable bonds is 5. The molecular weight excluding hydrogens is 196 g/mol. The first-order chi connectivity index (χ1) is 7.79. The molecule has 1 heteroatoms. The van der Waals surface area contributed by atoms with Crippen LogP contribution in [0.3, 0.4) is 0 Å². The second-order valence-electron chi connectivity index (χ2n) is 4.60. The Morgan fingerprint density at radius 2 is 1.94 bits per heavy atom. The fraction of sp³-hybridized carbons (Fsp3) is 0.733. The van der Waals surface area contributed by atoms with Gasteiger partial charge in [0.2, 0.25) is 0 Å². The fourth-order valence-corrected chi connectivity index (χ4v) is 2.30. The van der Waals surface area contributed by atoms with Gasteiger partial charge in [-0.25, -0.2) is 0 Å². The second kappa shape index (κ2) is 7.54. The summed E-state index contributed by atoms with van der Waals surface area (Å²) in [5.41, 5.74) is 2.77. The lowest BCUT2D eigenvalue weighted by molar-refractivity contribution is 0.212. The number of hydrogen-bond acceptors (Lipinski definition) is 1. The minimum atomic E-state index is 0.788. The van der Waals surface area contributed by atoms with Gasteiger partial charge in [-0.1, -0.05) is 26.3 Å². The monoisotopic (exact) mass is 222 g/mol. The second-order valence-corrected chi connectivity index (χ2v) is 4.60. The molecule has 0 radical (unpaired) electrons. The third-order valence-electron chi connectivity index (χ3n) is 3.24. The van der Waals surface area contributed by atoms with E-state index in [1.165, 1.54) is 55.4 Å². The van der Waals surface area contributed by atoms with Crippen LogP contribution < -0.4 is 0 Å². The van der Waals surface area contributed by atoms with Gasteiger partial charge >= 0.3 is 0 Å². The Kier molecular flexibility index (Phi) is 6.29. The largest absolute Gasteiger partial charge is 0.498 e. The summed E-state index contributed by atoms with van der Waals surface area (Å²) < 4.78 is 5.83. The van der Waals surface area contributed by atoms with Crippen molar-refractivity contribution < 1.29 is 4.74 Å². The SMILES string of the molecule is C=C1CCCCC/C1=C(\CCCC)OCC. The molecule has 0 aromatic carbocycles. The average molecular weight is 222 g/mol. The van der Waals surface area contributed by atoms with Gasteiger partial charge in [-0.3, -0.25) is 0 Å². The molecule has 92 valence electrons. The average Bonchev–Trinajstić information content (AvgIpc) is 2.49. The Labute approximate surface area is 101 Å². The Morgan fingerprint density at radius 1 is 1.19 bits per heavy atom. The first kappa shape index (κ1) is 13.3. The summed E-state index contributed by atoms with van der Waals surface area (Å²) in [6, 6.07) is 0. The summed E-state index contributed by atoms with van der Waals surface area (Å²) in [7, 11) is 0. The van der Waals surface area contributed by atoms with Gasteiger partial charge in [0, 0.05) is 6.42 Å². The Morgan fingerprint density at radius 3 is 2.62 bits per heavy atom. The van der Waals surface area contributed by atoms with Crippen molar-refractivity contribution in [1.82, 2.24) is 0 Å². The number of ether oxygens (including phenoxy) is 1. The summed E-state index contributed by atoms with van der Waals surface area (Å²) in [4.78, 5) is 0. The molecule has 0 amide bonds. The smallest absolute Gasteiger partial charge is 0.0993 e. The molecule has 0 heterocycles. The van der Waals surface area contributed by atoms with Crippen molar-refractivity contribution in [2.24, 2.45) is 0 Å². The van der Waals surface area contributed by atoms with E-state index in [1.807, 2.05) is 0 Å². The van der Waals surface area contributed by atoms with Crippen molar-refractivity contribution in [2.45, 2.75) is 65.2 Å². The van der Waals surface area contributed by atoms with Crippen LogP contribution in [0, 0.1) is 0 Å². The molecular formula is C15H26O. The zero-order valence-electron chi connectivity index (χ0n) is 11.0. The molecule has 0 aliphatic heterocycles. The molecule has 1 saturated carbocycles. The van der Waals surface area contributed by atoms with Crippen molar-refractivity contribution >= 4 is 0 Å². The molecule has 0 spiro atoms. The lowest BCUT2D eigenvalue weighted by atomic mass is 9.99. The van der Waals surface area contributed by atoms with Gasteiger partial charge in [-0.05, 0) is 50.2 Å². The summed E-state index contributed by atoms with van der Waals surface area (Å²) >= 11 is 0. The molecule has 0 atom stereocenters. The molecule has 0 bridgehead atoms. The highest BCUT2D eigenvalue weighted by Crippen LogP contribution is 2.31. The molecule has 0 aromatic rings. The fourth-order valence-electron chi connectivity index (χ4n) is 2.30. The van der Waals surface area contributed by atoms with Gasteiger partial charge in [0.25, 0.3) is 0 Å². The molecule has 1 aliphatic carbocycles. The van der Waals surface area contributed by atoms with E-state index in [-0.39, 0.29) is 0 Å². The van der Waals surface area contributed by atoms with Crippen LogP contribution in [0.25, 0.3) is 0 Å². The third-order valence-corrected chi connectivity index (χ3v) is 3.24. The van der Waals surface area contributed by atoms with Crippen molar-refractivity contribution in [2.75, 3.05) is 6.61 Å². The molecule has 0 saturated heterocycles. The Hall–Kier alpha value is -0.720. The molecule has 1 rings (SSSR count). The van der Waals surface area contributed by atoms with Crippen molar-refractivity contribution in [3.63, 3.8) is 0 Å². The van der Waals surface area contributed by atoms with E-state index in [4.69, 9.17) is 4.74 Å². The zero-order valence-corrected chi connectivity index (χ0v) is 11.0. The molecule has 1 fully saturated rings. The molecule has 0 aromatic heterocycles. The molecule has 1 nitrogen and oxygen atoms in total. The molecule has 0 N–H and O–H groups in total. The quantitative estimate of drug-likeness (QED) is 0.470. The van der Waals surface area contributed by atoms with E-state index < -0.39 is 0 Å². The lowest BCUT2D eigenvalue weighted by Crippen LogP contribution is -2.00. The highest BCUT2D eigenvalue weighted by molar-refractivity contribution is 5.32. The molecule has 0 unspecified atom stereocenters. The van der Waals surface area contributed by atoms with Crippen LogP contribution in [0.15, 0.2) is 23.5 Å². The summed E-state index contributed by atoms with van der Waals surface area (Å²) in [6.45, 7) is 9.32. The van der Waals surface area contributed by atoms with Crippen molar-refractivity contribution in [3.05, 3.63) is 23.5 Å². The number of unbranched alkanes of at least 4 members (excludes halogenated alkanes) is 1. The van der Waals surface area contributed by atoms with Crippen molar-refractivity contribution in [1.29, 1.82) is 0 Å². The predicted molar refractivity (Wildman–Crippen MR) is 70.4 cm³/mol. The highest BCUT2D eigenvalue weighted by atomic mass is 16.5. The minimum Gasteiger partial charge on any atom is -0.498 e. The maximum Gasteiger partial charge on any atom is 0.0993 e. The van der Waals surface area contributed by atoms with E-state index in [2.05, 4.69) is 20.4 Å². The highest BCUT2D eigenvalue weighted by Gasteiger charge is 2.14. The van der Waals surface area contributed by atoms with E-state index in [9.17, 15) is 0 Å². The van der Waals surface area contributed by atoms with E-state index in [0.29, 0.717) is 0 Å². The van der Waals surface area contributed by atoms with Crippen LogP contribution in [-0.2, 0) is 4.74 Å². The first-order valence-corrected chi connectivity index (χ1v) is 6.82. The Balaban J connectivity index is 2.77. The van der Waals surface area contributed by atoms with Crippen molar-refractivity contribution in [3.8, 4) is 0 Å². The molecule has 1 aliphatic rings. The summed E-state index contributed by atoms with van der Waals surface area (Å²) in [5.74, 6) is 1.23. The summed E-state index contributed by atoms with van der Waals surface area (Å²) in [5, 5.41) is 0. The van der Waals surface area contributed by atoms with Gasteiger partial charge in [-0.15, -0.1) is 0 Å². The topological polar surface area (TPSA) is 9.23 Å². The van der Waals surface area contributed by atoms with Crippen LogP contribution in [-0.4, -0.2) is 6.61 Å². The maximum absolute atomic E-state index is 5.83. The predicted octanol–water partition coefficient (Wildman–Crippen LogP) is 4.99. The maximum atomic E-state index is 5.83. The van der Waals surface area contributed by atoms with Crippen LogP contribution >= 0.6 is 0 Å². The zero-order chi connectivity index (χ0) is 11.8. The Bertz CT molecular complexity index is 250. The van der Waals surface area contributed by atoms with Gasteiger partial charge in [0.05, 0.1) is 12.4 Å².